The van der Waals surface area contributed by atoms with Crippen molar-refractivity contribution in [2.75, 3.05) is 13.2 Å². The van der Waals surface area contributed by atoms with Gasteiger partial charge in [-0.15, -0.1) is 0 Å². The van der Waals surface area contributed by atoms with Crippen molar-refractivity contribution in [1.29, 1.82) is 0 Å². The quantitative estimate of drug-likeness (QED) is 0.719. The third-order valence-corrected chi connectivity index (χ3v) is 4.34. The highest BCUT2D eigenvalue weighted by atomic mass is 16.5. The van der Waals surface area contributed by atoms with Crippen LogP contribution in [0.4, 0.5) is 0 Å². The second-order valence-corrected chi connectivity index (χ2v) is 5.99. The van der Waals surface area contributed by atoms with Crippen molar-refractivity contribution in [2.24, 2.45) is 5.41 Å². The van der Waals surface area contributed by atoms with Gasteiger partial charge in [0.1, 0.15) is 0 Å². The van der Waals surface area contributed by atoms with Gasteiger partial charge in [0.05, 0.1) is 6.10 Å². The average molecular weight is 225 g/mol. The van der Waals surface area contributed by atoms with Crippen LogP contribution in [0.2, 0.25) is 0 Å². The fraction of sp³-hybridized carbons (Fsp3) is 1.00. The van der Waals surface area contributed by atoms with E-state index in [2.05, 4.69) is 19.2 Å². The van der Waals surface area contributed by atoms with Crippen molar-refractivity contribution in [1.82, 2.24) is 5.32 Å². The Morgan fingerprint density at radius 1 is 1.31 bits per heavy atom. The standard InChI is InChI=1S/C14H27NO/c1-3-14(2,11-15-12-6-7-12)9-8-13-5-4-10-16-13/h12-13,15H,3-11H2,1-2H3. The summed E-state index contributed by atoms with van der Waals surface area (Å²) in [5.41, 5.74) is 0.481. The Morgan fingerprint density at radius 2 is 2.12 bits per heavy atom. The number of hydrogen-bond donors (Lipinski definition) is 1. The Kier molecular flexibility index (Phi) is 4.26. The first-order valence-electron chi connectivity index (χ1n) is 7.07. The third kappa shape index (κ3) is 3.74. The molecule has 94 valence electrons. The summed E-state index contributed by atoms with van der Waals surface area (Å²) in [4.78, 5) is 0. The molecule has 1 saturated heterocycles. The molecule has 1 aliphatic carbocycles. The lowest BCUT2D eigenvalue weighted by Crippen LogP contribution is -2.33. The van der Waals surface area contributed by atoms with Crippen LogP contribution in [0, 0.1) is 5.41 Å². The van der Waals surface area contributed by atoms with E-state index >= 15 is 0 Å². The van der Waals surface area contributed by atoms with Crippen LogP contribution in [-0.4, -0.2) is 25.3 Å². The molecule has 1 aliphatic heterocycles. The van der Waals surface area contributed by atoms with Crippen molar-refractivity contribution in [3.8, 4) is 0 Å². The van der Waals surface area contributed by atoms with Gasteiger partial charge < -0.3 is 10.1 Å². The highest BCUT2D eigenvalue weighted by Gasteiger charge is 2.28. The van der Waals surface area contributed by atoms with Gasteiger partial charge in [-0.05, 0) is 50.4 Å². The molecule has 2 aliphatic rings. The van der Waals surface area contributed by atoms with Crippen molar-refractivity contribution in [3.63, 3.8) is 0 Å². The number of hydrogen-bond acceptors (Lipinski definition) is 2. The largest absolute Gasteiger partial charge is 0.378 e. The molecule has 2 atom stereocenters. The summed E-state index contributed by atoms with van der Waals surface area (Å²) >= 11 is 0. The molecule has 0 bridgehead atoms. The molecule has 0 aromatic heterocycles. The molecule has 2 unspecified atom stereocenters. The SMILES string of the molecule is CCC(C)(CCC1CCCO1)CNC1CC1. The van der Waals surface area contributed by atoms with E-state index in [9.17, 15) is 0 Å². The first kappa shape index (κ1) is 12.4. The lowest BCUT2D eigenvalue weighted by atomic mass is 9.81. The maximum absolute atomic E-state index is 5.71. The van der Waals surface area contributed by atoms with E-state index in [1.54, 1.807) is 0 Å². The van der Waals surface area contributed by atoms with Gasteiger partial charge in [-0.25, -0.2) is 0 Å². The van der Waals surface area contributed by atoms with Gasteiger partial charge in [0.2, 0.25) is 0 Å². The Labute approximate surface area is 100 Å². The topological polar surface area (TPSA) is 21.3 Å². The fourth-order valence-corrected chi connectivity index (χ4v) is 2.45. The van der Waals surface area contributed by atoms with Gasteiger partial charge in [-0.1, -0.05) is 13.8 Å². The molecule has 1 N–H and O–H groups in total. The molecule has 2 rings (SSSR count). The Hall–Kier alpha value is -0.0800. The normalized spacial score (nSPS) is 29.2. The predicted molar refractivity (Wildman–Crippen MR) is 67.6 cm³/mol. The van der Waals surface area contributed by atoms with Gasteiger partial charge in [-0.3, -0.25) is 0 Å². The van der Waals surface area contributed by atoms with E-state index in [-0.39, 0.29) is 0 Å². The summed E-state index contributed by atoms with van der Waals surface area (Å²) in [6.45, 7) is 6.94. The Bertz CT molecular complexity index is 209. The van der Waals surface area contributed by atoms with Crippen LogP contribution in [0.15, 0.2) is 0 Å². The maximum atomic E-state index is 5.71. The summed E-state index contributed by atoms with van der Waals surface area (Å²) in [6.07, 6.45) is 9.76. The molecular weight excluding hydrogens is 198 g/mol. The zero-order valence-electron chi connectivity index (χ0n) is 10.9. The third-order valence-electron chi connectivity index (χ3n) is 4.34. The minimum atomic E-state index is 0.481. The molecule has 2 nitrogen and oxygen atoms in total. The van der Waals surface area contributed by atoms with Gasteiger partial charge in [0, 0.05) is 19.2 Å². The van der Waals surface area contributed by atoms with Gasteiger partial charge in [-0.2, -0.15) is 0 Å². The molecule has 16 heavy (non-hydrogen) atoms. The van der Waals surface area contributed by atoms with Gasteiger partial charge in [0.25, 0.3) is 0 Å². The number of rotatable bonds is 7. The van der Waals surface area contributed by atoms with Crippen LogP contribution >= 0.6 is 0 Å². The molecule has 1 heterocycles. The van der Waals surface area contributed by atoms with Gasteiger partial charge >= 0.3 is 0 Å². The minimum Gasteiger partial charge on any atom is -0.378 e. The number of ether oxygens (including phenoxy) is 1. The molecule has 1 saturated carbocycles. The van der Waals surface area contributed by atoms with Crippen molar-refractivity contribution >= 4 is 0 Å². The molecule has 2 heteroatoms. The van der Waals surface area contributed by atoms with Crippen molar-refractivity contribution in [2.45, 2.75) is 70.9 Å². The zero-order chi connectivity index (χ0) is 11.4. The summed E-state index contributed by atoms with van der Waals surface area (Å²) in [6, 6.07) is 0.841. The van der Waals surface area contributed by atoms with Crippen LogP contribution in [0.25, 0.3) is 0 Å². The van der Waals surface area contributed by atoms with E-state index in [1.807, 2.05) is 0 Å². The molecule has 2 fully saturated rings. The monoisotopic (exact) mass is 225 g/mol. The van der Waals surface area contributed by atoms with E-state index < -0.39 is 0 Å². The van der Waals surface area contributed by atoms with Crippen LogP contribution in [-0.2, 0) is 4.74 Å². The summed E-state index contributed by atoms with van der Waals surface area (Å²) < 4.78 is 5.71. The highest BCUT2D eigenvalue weighted by molar-refractivity contribution is 4.85. The molecular formula is C14H27NO. The lowest BCUT2D eigenvalue weighted by molar-refractivity contribution is 0.0885. The predicted octanol–water partition coefficient (Wildman–Crippen LogP) is 3.11. The molecule has 0 aromatic carbocycles. The van der Waals surface area contributed by atoms with E-state index in [4.69, 9.17) is 4.74 Å². The fourth-order valence-electron chi connectivity index (χ4n) is 2.45. The van der Waals surface area contributed by atoms with Crippen molar-refractivity contribution in [3.05, 3.63) is 0 Å². The van der Waals surface area contributed by atoms with Crippen LogP contribution < -0.4 is 5.32 Å². The second-order valence-electron chi connectivity index (χ2n) is 5.99. The minimum absolute atomic E-state index is 0.481. The Balaban J connectivity index is 1.68. The zero-order valence-corrected chi connectivity index (χ0v) is 10.9. The van der Waals surface area contributed by atoms with Gasteiger partial charge in [0.15, 0.2) is 0 Å². The smallest absolute Gasteiger partial charge is 0.0576 e. The molecule has 0 radical (unpaired) electrons. The molecule has 0 spiro atoms. The summed E-state index contributed by atoms with van der Waals surface area (Å²) in [5, 5.41) is 3.68. The second kappa shape index (κ2) is 5.50. The maximum Gasteiger partial charge on any atom is 0.0576 e. The van der Waals surface area contributed by atoms with Crippen molar-refractivity contribution < 1.29 is 4.74 Å². The molecule has 0 amide bonds. The van der Waals surface area contributed by atoms with E-state index in [0.717, 1.165) is 12.6 Å². The highest BCUT2D eigenvalue weighted by Crippen LogP contribution is 2.31. The van der Waals surface area contributed by atoms with E-state index in [0.29, 0.717) is 11.5 Å². The van der Waals surface area contributed by atoms with E-state index in [1.165, 1.54) is 51.5 Å². The lowest BCUT2D eigenvalue weighted by Gasteiger charge is -2.29. The Morgan fingerprint density at radius 3 is 2.69 bits per heavy atom. The number of nitrogens with one attached hydrogen (secondary N) is 1. The summed E-state index contributed by atoms with van der Waals surface area (Å²) in [7, 11) is 0. The molecule has 0 aromatic rings. The average Bonchev–Trinajstić information content (AvgIpc) is 2.99. The first-order valence-corrected chi connectivity index (χ1v) is 7.07. The first-order chi connectivity index (χ1) is 7.72. The van der Waals surface area contributed by atoms with Crippen LogP contribution in [0.3, 0.4) is 0 Å². The van der Waals surface area contributed by atoms with Crippen LogP contribution in [0.5, 0.6) is 0 Å². The summed E-state index contributed by atoms with van der Waals surface area (Å²) in [5.74, 6) is 0. The van der Waals surface area contributed by atoms with Crippen LogP contribution in [0.1, 0.15) is 58.8 Å².